The Labute approximate surface area is 205 Å². The first-order chi connectivity index (χ1) is 16.5. The van der Waals surface area contributed by atoms with Gasteiger partial charge in [-0.25, -0.2) is 4.39 Å². The van der Waals surface area contributed by atoms with Crippen molar-refractivity contribution >= 4 is 0 Å². The first-order valence-electron chi connectivity index (χ1n) is 12.5. The lowest BCUT2D eigenvalue weighted by molar-refractivity contribution is 0.181. The van der Waals surface area contributed by atoms with Gasteiger partial charge in [0.25, 0.3) is 0 Å². The predicted molar refractivity (Wildman–Crippen MR) is 137 cm³/mol. The van der Waals surface area contributed by atoms with Crippen LogP contribution in [0.25, 0.3) is 0 Å². The van der Waals surface area contributed by atoms with Crippen LogP contribution in [-0.4, -0.2) is 57.3 Å². The smallest absolute Gasteiger partial charge is 0.127 e. The van der Waals surface area contributed by atoms with Crippen molar-refractivity contribution in [1.29, 1.82) is 0 Å². The van der Waals surface area contributed by atoms with Crippen molar-refractivity contribution in [2.24, 2.45) is 0 Å². The van der Waals surface area contributed by atoms with Crippen LogP contribution in [0.3, 0.4) is 0 Å². The van der Waals surface area contributed by atoms with Gasteiger partial charge < -0.3 is 14.2 Å². The first kappa shape index (κ1) is 28.1. The maximum atomic E-state index is 14.2. The van der Waals surface area contributed by atoms with Gasteiger partial charge in [-0.1, -0.05) is 26.3 Å². The number of hydrogen-bond acceptors (Lipinski definition) is 5. The zero-order valence-corrected chi connectivity index (χ0v) is 21.7. The van der Waals surface area contributed by atoms with Crippen LogP contribution in [0.1, 0.15) is 56.2 Å². The summed E-state index contributed by atoms with van der Waals surface area (Å²) < 4.78 is 30.2. The molecule has 0 N–H and O–H groups in total. The van der Waals surface area contributed by atoms with E-state index in [0.717, 1.165) is 69.7 Å². The maximum Gasteiger partial charge on any atom is 0.127 e. The van der Waals surface area contributed by atoms with Gasteiger partial charge in [-0.2, -0.15) is 0 Å². The Balaban J connectivity index is 1.81. The molecule has 190 valence electrons. The average molecular weight is 475 g/mol. The van der Waals surface area contributed by atoms with Gasteiger partial charge in [-0.05, 0) is 81.3 Å². The van der Waals surface area contributed by atoms with E-state index in [1.165, 1.54) is 11.6 Å². The molecular formula is C28H43FN2O3. The van der Waals surface area contributed by atoms with E-state index in [1.54, 1.807) is 33.5 Å². The Morgan fingerprint density at radius 3 is 2.18 bits per heavy atom. The van der Waals surface area contributed by atoms with Crippen molar-refractivity contribution in [3.8, 4) is 11.5 Å². The molecule has 34 heavy (non-hydrogen) atoms. The molecule has 2 aromatic rings. The van der Waals surface area contributed by atoms with Crippen LogP contribution in [0.5, 0.6) is 11.5 Å². The fourth-order valence-electron chi connectivity index (χ4n) is 4.28. The molecule has 0 heterocycles. The van der Waals surface area contributed by atoms with E-state index < -0.39 is 0 Å². The van der Waals surface area contributed by atoms with Crippen LogP contribution in [0.4, 0.5) is 4.39 Å². The van der Waals surface area contributed by atoms with Gasteiger partial charge in [-0.3, -0.25) is 9.80 Å². The third-order valence-electron chi connectivity index (χ3n) is 6.13. The quantitative estimate of drug-likeness (QED) is 0.267. The minimum atomic E-state index is -0.165. The summed E-state index contributed by atoms with van der Waals surface area (Å²) in [7, 11) is 5.02. The lowest BCUT2D eigenvalue weighted by Crippen LogP contribution is -2.26. The standard InChI is InChI=1S/C28H43FN2O3/c1-6-15-31(20-23-11-14-28(34-5)25(18-23)22-32-3)17-10-8-9-16-30(7-2)21-24-19-26(33-4)12-13-27(24)29/h11-14,18-19H,6-10,15-17,20-22H2,1-5H3. The number of methoxy groups -OCH3 is 3. The van der Waals surface area contributed by atoms with Gasteiger partial charge >= 0.3 is 0 Å². The Morgan fingerprint density at radius 2 is 1.53 bits per heavy atom. The predicted octanol–water partition coefficient (Wildman–Crippen LogP) is 5.89. The molecule has 0 amide bonds. The van der Waals surface area contributed by atoms with Crippen molar-refractivity contribution in [3.05, 3.63) is 58.9 Å². The molecule has 0 aromatic heterocycles. The minimum absolute atomic E-state index is 0.165. The van der Waals surface area contributed by atoms with E-state index in [1.807, 2.05) is 6.07 Å². The number of unbranched alkanes of at least 4 members (excludes halogenated alkanes) is 2. The van der Waals surface area contributed by atoms with Crippen LogP contribution in [0, 0.1) is 5.82 Å². The molecule has 6 heteroatoms. The normalized spacial score (nSPS) is 11.4. The second kappa shape index (κ2) is 15.7. The van der Waals surface area contributed by atoms with Crippen LogP contribution in [-0.2, 0) is 24.4 Å². The first-order valence-corrected chi connectivity index (χ1v) is 12.5. The molecule has 0 atom stereocenters. The lowest BCUT2D eigenvalue weighted by atomic mass is 10.1. The highest BCUT2D eigenvalue weighted by atomic mass is 19.1. The maximum absolute atomic E-state index is 14.2. The monoisotopic (exact) mass is 474 g/mol. The summed E-state index contributed by atoms with van der Waals surface area (Å²) in [5.41, 5.74) is 3.08. The number of nitrogens with zero attached hydrogens (tertiary/aromatic N) is 2. The molecule has 0 saturated heterocycles. The summed E-state index contributed by atoms with van der Waals surface area (Å²) in [5, 5.41) is 0. The van der Waals surface area contributed by atoms with Gasteiger partial charge in [0.15, 0.2) is 0 Å². The van der Waals surface area contributed by atoms with Crippen LogP contribution in [0.15, 0.2) is 36.4 Å². The minimum Gasteiger partial charge on any atom is -0.497 e. The van der Waals surface area contributed by atoms with E-state index in [0.29, 0.717) is 24.5 Å². The van der Waals surface area contributed by atoms with E-state index in [9.17, 15) is 4.39 Å². The molecule has 0 aliphatic carbocycles. The number of rotatable bonds is 17. The number of halogens is 1. The van der Waals surface area contributed by atoms with Gasteiger partial charge in [0.1, 0.15) is 17.3 Å². The molecule has 5 nitrogen and oxygen atoms in total. The van der Waals surface area contributed by atoms with Gasteiger partial charge in [-0.15, -0.1) is 0 Å². The van der Waals surface area contributed by atoms with Crippen molar-refractivity contribution in [2.45, 2.75) is 59.2 Å². The average Bonchev–Trinajstić information content (AvgIpc) is 2.84. The summed E-state index contributed by atoms with van der Waals surface area (Å²) in [5.74, 6) is 1.42. The summed E-state index contributed by atoms with van der Waals surface area (Å²) in [6.07, 6.45) is 4.57. The zero-order valence-electron chi connectivity index (χ0n) is 21.7. The molecule has 0 fully saturated rings. The Hall–Kier alpha value is -2.15. The highest BCUT2D eigenvalue weighted by molar-refractivity contribution is 5.37. The van der Waals surface area contributed by atoms with Crippen molar-refractivity contribution in [3.63, 3.8) is 0 Å². The molecule has 0 bridgehead atoms. The second-order valence-electron chi connectivity index (χ2n) is 8.74. The number of hydrogen-bond donors (Lipinski definition) is 0. The fourth-order valence-corrected chi connectivity index (χ4v) is 4.28. The van der Waals surface area contributed by atoms with Crippen molar-refractivity contribution in [2.75, 3.05) is 47.5 Å². The third kappa shape index (κ3) is 9.24. The molecule has 0 radical (unpaired) electrons. The van der Waals surface area contributed by atoms with E-state index >= 15 is 0 Å². The van der Waals surface area contributed by atoms with E-state index in [4.69, 9.17) is 14.2 Å². The van der Waals surface area contributed by atoms with E-state index in [-0.39, 0.29) is 5.82 Å². The summed E-state index contributed by atoms with van der Waals surface area (Å²) in [6.45, 7) is 10.5. The van der Waals surface area contributed by atoms with Crippen LogP contribution < -0.4 is 9.47 Å². The fraction of sp³-hybridized carbons (Fsp3) is 0.571. The van der Waals surface area contributed by atoms with E-state index in [2.05, 4.69) is 35.8 Å². The molecule has 0 unspecified atom stereocenters. The van der Waals surface area contributed by atoms with Crippen molar-refractivity contribution in [1.82, 2.24) is 9.80 Å². The van der Waals surface area contributed by atoms with Crippen LogP contribution >= 0.6 is 0 Å². The highest BCUT2D eigenvalue weighted by Crippen LogP contribution is 2.22. The third-order valence-corrected chi connectivity index (χ3v) is 6.13. The lowest BCUT2D eigenvalue weighted by Gasteiger charge is -2.23. The molecule has 0 spiro atoms. The van der Waals surface area contributed by atoms with Gasteiger partial charge in [0.2, 0.25) is 0 Å². The highest BCUT2D eigenvalue weighted by Gasteiger charge is 2.11. The molecule has 2 aromatic carbocycles. The van der Waals surface area contributed by atoms with Gasteiger partial charge in [0, 0.05) is 31.3 Å². The summed E-state index contributed by atoms with van der Waals surface area (Å²) >= 11 is 0. The van der Waals surface area contributed by atoms with Crippen molar-refractivity contribution < 1.29 is 18.6 Å². The summed E-state index contributed by atoms with van der Waals surface area (Å²) in [4.78, 5) is 4.83. The van der Waals surface area contributed by atoms with Gasteiger partial charge in [0.05, 0.1) is 20.8 Å². The van der Waals surface area contributed by atoms with Crippen LogP contribution in [0.2, 0.25) is 0 Å². The Morgan fingerprint density at radius 1 is 0.765 bits per heavy atom. The SMILES string of the molecule is CCCN(CCCCCN(CC)Cc1cc(OC)ccc1F)Cc1ccc(OC)c(COC)c1. The number of benzene rings is 2. The second-order valence-corrected chi connectivity index (χ2v) is 8.74. The largest absolute Gasteiger partial charge is 0.497 e. The Bertz CT molecular complexity index is 846. The molecule has 2 rings (SSSR count). The molecular weight excluding hydrogens is 431 g/mol. The topological polar surface area (TPSA) is 34.2 Å². The number of ether oxygens (including phenoxy) is 3. The Kier molecular flexibility index (Phi) is 13.0. The molecule has 0 aliphatic rings. The zero-order chi connectivity index (χ0) is 24.8. The molecule has 0 saturated carbocycles. The molecule has 0 aliphatic heterocycles. The summed E-state index contributed by atoms with van der Waals surface area (Å²) in [6, 6.07) is 11.3.